The number of carboxylic acids is 1. The van der Waals surface area contributed by atoms with Crippen LogP contribution in [-0.4, -0.2) is 116 Å². The van der Waals surface area contributed by atoms with Gasteiger partial charge in [0.2, 0.25) is 5.36 Å². The molecule has 15 nitrogen and oxygen atoms in total. The van der Waals surface area contributed by atoms with Crippen molar-refractivity contribution >= 4 is 38.0 Å². The Kier molecular flexibility index (Phi) is 18.1. The molecule has 17 heteroatoms. The van der Waals surface area contributed by atoms with E-state index in [4.69, 9.17) is 33.0 Å². The van der Waals surface area contributed by atoms with Crippen molar-refractivity contribution in [2.45, 2.75) is 62.7 Å². The van der Waals surface area contributed by atoms with Crippen LogP contribution in [0.1, 0.15) is 63.5 Å². The van der Waals surface area contributed by atoms with E-state index in [0.717, 1.165) is 27.9 Å². The van der Waals surface area contributed by atoms with E-state index in [9.17, 15) is 26.2 Å². The predicted octanol–water partition coefficient (Wildman–Crippen LogP) is 4.76. The molecule has 3 aliphatic rings. The van der Waals surface area contributed by atoms with Gasteiger partial charge in [-0.3, -0.25) is 9.35 Å². The van der Waals surface area contributed by atoms with Crippen molar-refractivity contribution in [1.29, 1.82) is 0 Å². The van der Waals surface area contributed by atoms with Crippen LogP contribution in [0.5, 0.6) is 0 Å². The molecule has 4 rings (SSSR count). The van der Waals surface area contributed by atoms with E-state index < -0.39 is 31.6 Å². The van der Waals surface area contributed by atoms with Gasteiger partial charge in [0.05, 0.1) is 62.6 Å². The molecule has 320 valence electrons. The second-order valence-corrected chi connectivity index (χ2v) is 17.0. The van der Waals surface area contributed by atoms with E-state index in [1.165, 1.54) is 12.1 Å². The van der Waals surface area contributed by atoms with Gasteiger partial charge in [-0.15, -0.1) is 0 Å². The Labute approximate surface area is 341 Å². The number of allylic oxidation sites excluding steroid dienone is 3. The van der Waals surface area contributed by atoms with Crippen molar-refractivity contribution in [2.75, 3.05) is 83.6 Å². The zero-order valence-electron chi connectivity index (χ0n) is 33.5. The first-order chi connectivity index (χ1) is 27.7. The van der Waals surface area contributed by atoms with E-state index in [1.54, 1.807) is 19.4 Å². The fraction of sp³-hybridized carbons (Fsp3) is 0.512. The zero-order valence-corrected chi connectivity index (χ0v) is 35.1. The normalized spacial score (nSPS) is 17.1. The molecule has 1 unspecified atom stereocenters. The van der Waals surface area contributed by atoms with E-state index in [2.05, 4.69) is 4.90 Å². The summed E-state index contributed by atoms with van der Waals surface area (Å²) < 4.78 is 98.2. The number of hydrogen-bond acceptors (Lipinski definition) is 12. The molecule has 1 aromatic rings. The molecule has 58 heavy (non-hydrogen) atoms. The van der Waals surface area contributed by atoms with Gasteiger partial charge in [0.15, 0.2) is 0 Å². The zero-order chi connectivity index (χ0) is 42.2. The summed E-state index contributed by atoms with van der Waals surface area (Å²) in [5.41, 5.74) is 3.23. The predicted molar refractivity (Wildman–Crippen MR) is 218 cm³/mol. The molecule has 0 fully saturated rings. The second kappa shape index (κ2) is 22.4. The van der Waals surface area contributed by atoms with Crippen molar-refractivity contribution in [3.63, 3.8) is 0 Å². The summed E-state index contributed by atoms with van der Waals surface area (Å²) in [7, 11) is -7.20. The third-order valence-electron chi connectivity index (χ3n) is 10.0. The Morgan fingerprint density at radius 3 is 2.29 bits per heavy atom. The maximum atomic E-state index is 12.2. The lowest BCUT2D eigenvalue weighted by molar-refractivity contribution is -0.137. The third kappa shape index (κ3) is 13.8. The molecule has 0 spiro atoms. The number of carboxylic acid groups (broad SMARTS) is 1. The number of ether oxygens (including phenoxy) is 4. The van der Waals surface area contributed by atoms with Gasteiger partial charge in [0.25, 0.3) is 10.1 Å². The highest BCUT2D eigenvalue weighted by Crippen LogP contribution is 2.51. The minimum atomic E-state index is -4.75. The molecule has 0 saturated heterocycles. The van der Waals surface area contributed by atoms with Gasteiger partial charge < -0.3 is 37.9 Å². The molecule has 2 aliphatic heterocycles. The molecular formula is C41H56N2O13S2. The Morgan fingerprint density at radius 2 is 1.64 bits per heavy atom. The molecule has 0 bridgehead atoms. The van der Waals surface area contributed by atoms with Crippen LogP contribution < -0.4 is 14.8 Å². The minimum absolute atomic E-state index is 0.0652. The average molecular weight is 849 g/mol. The lowest BCUT2D eigenvalue weighted by atomic mass is 9.78. The Bertz CT molecular complexity index is 2130. The molecule has 2 N–H and O–H groups in total. The van der Waals surface area contributed by atoms with Gasteiger partial charge >= 0.3 is 5.97 Å². The van der Waals surface area contributed by atoms with Gasteiger partial charge in [0, 0.05) is 61.5 Å². The molecule has 0 amide bonds. The monoisotopic (exact) mass is 848 g/mol. The van der Waals surface area contributed by atoms with Crippen molar-refractivity contribution in [3.8, 4) is 11.3 Å². The summed E-state index contributed by atoms with van der Waals surface area (Å²) in [6.07, 6.45) is 10.1. The smallest absolute Gasteiger partial charge is 0.303 e. The fourth-order valence-corrected chi connectivity index (χ4v) is 7.98. The number of methoxy groups -OCH3 is 1. The topological polar surface area (TPSA) is 205 Å². The number of carbonyl (C=O) groups is 1. The van der Waals surface area contributed by atoms with Crippen LogP contribution in [0.15, 0.2) is 75.9 Å². The van der Waals surface area contributed by atoms with Gasteiger partial charge in [-0.1, -0.05) is 18.6 Å². The van der Waals surface area contributed by atoms with Crippen LogP contribution in [-0.2, 0) is 49.4 Å². The molecule has 1 aliphatic carbocycles. The van der Waals surface area contributed by atoms with Crippen LogP contribution in [0, 0.1) is 0 Å². The van der Waals surface area contributed by atoms with Gasteiger partial charge in [0.1, 0.15) is 29.0 Å². The number of rotatable bonds is 26. The molecule has 1 aromatic carbocycles. The average Bonchev–Trinajstić information content (AvgIpc) is 3.40. The summed E-state index contributed by atoms with van der Waals surface area (Å²) in [5, 5.41) is 10.0. The van der Waals surface area contributed by atoms with Gasteiger partial charge in [-0.25, -0.2) is 13.0 Å². The first kappa shape index (κ1) is 46.7. The number of fused-ring (bicyclic) bond motifs is 2. The first-order valence-electron chi connectivity index (χ1n) is 19.4. The highest BCUT2D eigenvalue weighted by atomic mass is 32.2. The minimum Gasteiger partial charge on any atom is -0.744 e. The van der Waals surface area contributed by atoms with Crippen LogP contribution >= 0.6 is 0 Å². The van der Waals surface area contributed by atoms with Crippen LogP contribution in [0.4, 0.5) is 5.69 Å². The Balaban J connectivity index is 1.64. The second-order valence-electron chi connectivity index (χ2n) is 14.1. The fourth-order valence-electron chi connectivity index (χ4n) is 6.98. The molecule has 0 saturated carbocycles. The van der Waals surface area contributed by atoms with Crippen molar-refractivity contribution < 1.29 is 59.2 Å². The summed E-state index contributed by atoms with van der Waals surface area (Å²) in [6, 6.07) is 12.1. The third-order valence-corrected chi connectivity index (χ3v) is 11.7. The summed E-state index contributed by atoms with van der Waals surface area (Å²) in [4.78, 5) is 12.9. The summed E-state index contributed by atoms with van der Waals surface area (Å²) in [5.74, 6) is -0.563. The largest absolute Gasteiger partial charge is 0.744 e. The Morgan fingerprint density at radius 1 is 0.931 bits per heavy atom. The first-order valence-corrected chi connectivity index (χ1v) is 22.4. The molecule has 2 heterocycles. The maximum Gasteiger partial charge on any atom is 0.303 e. The molecular weight excluding hydrogens is 793 g/mol. The summed E-state index contributed by atoms with van der Waals surface area (Å²) >= 11 is 0. The number of anilines is 1. The highest BCUT2D eigenvalue weighted by molar-refractivity contribution is 7.86. The van der Waals surface area contributed by atoms with E-state index in [0.29, 0.717) is 103 Å². The summed E-state index contributed by atoms with van der Waals surface area (Å²) in [6.45, 7) is 8.37. The standard InChI is InChI=1S/C41H56N2O13S2/c1-4-42(19-9-29-57(46,47)48)33-13-15-35-32(17-21-56-38(35)30-33)10-8-11-39-41(2,18-22-53-25-26-55-28-27-54-24-23-52-3)36-31-34(58(49,50)51)14-16-37(36)43(39)20-7-5-6-12-40(44)45/h8,10-11,13-17,21,30-31H,4-7,9,12,18-20,22-29H2,1-3H3,(H2-,44,45,46,47,48,49,50,51). The number of unbranched alkanes of at least 4 members (excludes halogenated alkanes) is 2. The van der Waals surface area contributed by atoms with Crippen molar-refractivity contribution in [3.05, 3.63) is 83.1 Å². The van der Waals surface area contributed by atoms with Crippen molar-refractivity contribution in [2.24, 2.45) is 0 Å². The van der Waals surface area contributed by atoms with Gasteiger partial charge in [-0.2, -0.15) is 8.42 Å². The van der Waals surface area contributed by atoms with Crippen LogP contribution in [0.2, 0.25) is 0 Å². The lowest BCUT2D eigenvalue weighted by Crippen LogP contribution is -2.31. The quantitative estimate of drug-likeness (QED) is 0.0635. The van der Waals surface area contributed by atoms with Crippen LogP contribution in [0.25, 0.3) is 17.4 Å². The SMILES string of the molecule is CC[N+](CCCS(=O)(=O)O)=c1ccc2c(/C=C/C=C3/N(CCCCCC(=O)O)c4ccc(S(=O)(=O)[O-])cc4C3(C)CCOCCOCCOCCOC)ccoc-2c1. The van der Waals surface area contributed by atoms with Crippen LogP contribution in [0.3, 0.4) is 0 Å². The van der Waals surface area contributed by atoms with E-state index in [1.807, 2.05) is 60.9 Å². The number of benzene rings is 2. The number of hydrogen-bond donors (Lipinski definition) is 2. The molecule has 0 aromatic heterocycles. The number of nitrogens with zero attached hydrogens (tertiary/aromatic N) is 2. The molecule has 0 radical (unpaired) electrons. The number of aliphatic carboxylic acids is 1. The Hall–Kier alpha value is -3.94. The van der Waals surface area contributed by atoms with Gasteiger partial charge in [-0.05, 0) is 80.6 Å². The molecule has 1 atom stereocenters. The highest BCUT2D eigenvalue weighted by Gasteiger charge is 2.43. The van der Waals surface area contributed by atoms with Crippen molar-refractivity contribution in [1.82, 2.24) is 4.58 Å². The lowest BCUT2D eigenvalue weighted by Gasteiger charge is -2.30. The van der Waals surface area contributed by atoms with E-state index >= 15 is 0 Å². The maximum absolute atomic E-state index is 12.2. The van der Waals surface area contributed by atoms with E-state index in [-0.39, 0.29) is 23.5 Å².